The summed E-state index contributed by atoms with van der Waals surface area (Å²) in [5, 5.41) is 2.40. The van der Waals surface area contributed by atoms with Gasteiger partial charge in [-0.2, -0.15) is 0 Å². The summed E-state index contributed by atoms with van der Waals surface area (Å²) < 4.78 is 18.4. The van der Waals surface area contributed by atoms with Crippen LogP contribution in [0.1, 0.15) is 0 Å². The number of methoxy groups -OCH3 is 3. The Morgan fingerprint density at radius 3 is 2.15 bits per heavy atom. The number of aromatic nitrogens is 2. The van der Waals surface area contributed by atoms with Crippen LogP contribution in [0.4, 0.5) is 0 Å². The highest BCUT2D eigenvalue weighted by molar-refractivity contribution is 5.87. The summed E-state index contributed by atoms with van der Waals surface area (Å²) >= 11 is 0. The standard InChI is InChI=1S/C22H20N2O3/c1-25-20-11-18(12-21(26-2)22(20)27-3)24-14-23-13-19(24)17-9-8-15-6-4-5-7-16(15)10-17/h4-14H,1-3H3. The molecule has 5 heteroatoms. The molecule has 0 radical (unpaired) electrons. The van der Waals surface area contributed by atoms with Gasteiger partial charge < -0.3 is 14.2 Å². The summed E-state index contributed by atoms with van der Waals surface area (Å²) in [6, 6.07) is 18.5. The van der Waals surface area contributed by atoms with Crippen molar-refractivity contribution in [3.8, 4) is 34.2 Å². The van der Waals surface area contributed by atoms with E-state index in [2.05, 4.69) is 35.3 Å². The van der Waals surface area contributed by atoms with Crippen LogP contribution in [0.25, 0.3) is 27.7 Å². The second-order valence-electron chi connectivity index (χ2n) is 6.09. The average Bonchev–Trinajstić information content (AvgIpc) is 3.22. The Hall–Kier alpha value is -3.47. The second kappa shape index (κ2) is 7.03. The summed E-state index contributed by atoms with van der Waals surface area (Å²) in [6.45, 7) is 0. The van der Waals surface area contributed by atoms with E-state index in [1.165, 1.54) is 10.8 Å². The van der Waals surface area contributed by atoms with Crippen LogP contribution < -0.4 is 14.2 Å². The predicted molar refractivity (Wildman–Crippen MR) is 106 cm³/mol. The number of hydrogen-bond acceptors (Lipinski definition) is 4. The summed E-state index contributed by atoms with van der Waals surface area (Å²) in [5.74, 6) is 1.77. The molecule has 3 aromatic carbocycles. The number of fused-ring (bicyclic) bond motifs is 1. The van der Waals surface area contributed by atoms with Gasteiger partial charge in [0.1, 0.15) is 0 Å². The van der Waals surface area contributed by atoms with Crippen LogP contribution in [0.2, 0.25) is 0 Å². The second-order valence-corrected chi connectivity index (χ2v) is 6.09. The molecule has 0 aliphatic heterocycles. The largest absolute Gasteiger partial charge is 0.493 e. The lowest BCUT2D eigenvalue weighted by Crippen LogP contribution is -2.00. The third kappa shape index (κ3) is 2.97. The van der Waals surface area contributed by atoms with Crippen LogP contribution in [0.3, 0.4) is 0 Å². The van der Waals surface area contributed by atoms with Crippen molar-refractivity contribution in [3.05, 3.63) is 67.1 Å². The molecule has 1 aromatic heterocycles. The molecule has 0 N–H and O–H groups in total. The normalized spacial score (nSPS) is 10.8. The summed E-state index contributed by atoms with van der Waals surface area (Å²) in [6.07, 6.45) is 3.64. The number of hydrogen-bond donors (Lipinski definition) is 0. The zero-order valence-electron chi connectivity index (χ0n) is 15.5. The van der Waals surface area contributed by atoms with Gasteiger partial charge in [-0.15, -0.1) is 0 Å². The van der Waals surface area contributed by atoms with E-state index in [9.17, 15) is 0 Å². The van der Waals surface area contributed by atoms with Crippen molar-refractivity contribution in [1.82, 2.24) is 9.55 Å². The molecule has 5 nitrogen and oxygen atoms in total. The van der Waals surface area contributed by atoms with Crippen molar-refractivity contribution in [2.24, 2.45) is 0 Å². The molecule has 4 aromatic rings. The van der Waals surface area contributed by atoms with Crippen molar-refractivity contribution in [2.45, 2.75) is 0 Å². The first-order valence-corrected chi connectivity index (χ1v) is 8.57. The Morgan fingerprint density at radius 2 is 1.48 bits per heavy atom. The predicted octanol–water partition coefficient (Wildman–Crippen LogP) is 4.72. The highest BCUT2D eigenvalue weighted by Crippen LogP contribution is 2.40. The maximum Gasteiger partial charge on any atom is 0.203 e. The number of ether oxygens (including phenoxy) is 3. The third-order valence-electron chi connectivity index (χ3n) is 4.61. The minimum atomic E-state index is 0.566. The van der Waals surface area contributed by atoms with Crippen LogP contribution in [-0.2, 0) is 0 Å². The Bertz CT molecular complexity index is 1080. The van der Waals surface area contributed by atoms with E-state index in [4.69, 9.17) is 14.2 Å². The zero-order chi connectivity index (χ0) is 18.8. The van der Waals surface area contributed by atoms with E-state index in [0.29, 0.717) is 17.2 Å². The quantitative estimate of drug-likeness (QED) is 0.517. The van der Waals surface area contributed by atoms with E-state index in [0.717, 1.165) is 16.9 Å². The van der Waals surface area contributed by atoms with Gasteiger partial charge in [-0.05, 0) is 16.8 Å². The lowest BCUT2D eigenvalue weighted by molar-refractivity contribution is 0.324. The zero-order valence-corrected chi connectivity index (χ0v) is 15.5. The first kappa shape index (κ1) is 17.0. The van der Waals surface area contributed by atoms with Gasteiger partial charge in [-0.3, -0.25) is 4.57 Å². The topological polar surface area (TPSA) is 45.5 Å². The Balaban J connectivity index is 1.86. The maximum absolute atomic E-state index is 5.48. The molecule has 0 bridgehead atoms. The van der Waals surface area contributed by atoms with Gasteiger partial charge in [0.05, 0.1) is 45.2 Å². The van der Waals surface area contributed by atoms with Gasteiger partial charge in [-0.25, -0.2) is 4.98 Å². The van der Waals surface area contributed by atoms with Gasteiger partial charge in [0.2, 0.25) is 5.75 Å². The molecule has 4 rings (SSSR count). The van der Waals surface area contributed by atoms with Crippen molar-refractivity contribution < 1.29 is 14.2 Å². The molecule has 0 aliphatic rings. The van der Waals surface area contributed by atoms with Crippen LogP contribution in [0.5, 0.6) is 17.2 Å². The number of imidazole rings is 1. The van der Waals surface area contributed by atoms with E-state index >= 15 is 0 Å². The summed E-state index contributed by atoms with van der Waals surface area (Å²) in [5.41, 5.74) is 2.94. The number of benzene rings is 3. The van der Waals surface area contributed by atoms with Crippen molar-refractivity contribution in [3.63, 3.8) is 0 Å². The molecule has 0 amide bonds. The van der Waals surface area contributed by atoms with Crippen LogP contribution in [0, 0.1) is 0 Å². The van der Waals surface area contributed by atoms with Crippen molar-refractivity contribution >= 4 is 10.8 Å². The van der Waals surface area contributed by atoms with Gasteiger partial charge >= 0.3 is 0 Å². The van der Waals surface area contributed by atoms with Gasteiger partial charge in [-0.1, -0.05) is 36.4 Å². The molecule has 1 heterocycles. The molecule has 0 spiro atoms. The Labute approximate surface area is 157 Å². The van der Waals surface area contributed by atoms with Gasteiger partial charge in [0.25, 0.3) is 0 Å². The molecule has 0 atom stereocenters. The van der Waals surface area contributed by atoms with Crippen molar-refractivity contribution in [2.75, 3.05) is 21.3 Å². The molecule has 136 valence electrons. The van der Waals surface area contributed by atoms with E-state index in [1.807, 2.05) is 35.0 Å². The molecule has 0 saturated carbocycles. The highest BCUT2D eigenvalue weighted by atomic mass is 16.5. The van der Waals surface area contributed by atoms with E-state index in [1.54, 1.807) is 27.7 Å². The molecule has 0 fully saturated rings. The maximum atomic E-state index is 5.48. The lowest BCUT2D eigenvalue weighted by atomic mass is 10.1. The molecule has 0 saturated heterocycles. The first-order chi connectivity index (χ1) is 13.2. The fourth-order valence-electron chi connectivity index (χ4n) is 3.27. The smallest absolute Gasteiger partial charge is 0.203 e. The minimum absolute atomic E-state index is 0.566. The average molecular weight is 360 g/mol. The molecule has 27 heavy (non-hydrogen) atoms. The summed E-state index contributed by atoms with van der Waals surface area (Å²) in [4.78, 5) is 4.36. The Morgan fingerprint density at radius 1 is 0.778 bits per heavy atom. The number of rotatable bonds is 5. The van der Waals surface area contributed by atoms with Crippen molar-refractivity contribution in [1.29, 1.82) is 0 Å². The van der Waals surface area contributed by atoms with E-state index < -0.39 is 0 Å². The van der Waals surface area contributed by atoms with E-state index in [-0.39, 0.29) is 0 Å². The third-order valence-corrected chi connectivity index (χ3v) is 4.61. The van der Waals surface area contributed by atoms with Crippen LogP contribution >= 0.6 is 0 Å². The lowest BCUT2D eigenvalue weighted by Gasteiger charge is -2.16. The molecule has 0 aliphatic carbocycles. The first-order valence-electron chi connectivity index (χ1n) is 8.57. The van der Waals surface area contributed by atoms with Crippen LogP contribution in [0.15, 0.2) is 67.1 Å². The Kier molecular flexibility index (Phi) is 4.42. The number of nitrogens with zero attached hydrogens (tertiary/aromatic N) is 2. The fraction of sp³-hybridized carbons (Fsp3) is 0.136. The summed E-state index contributed by atoms with van der Waals surface area (Å²) in [7, 11) is 4.82. The molecular weight excluding hydrogens is 340 g/mol. The molecular formula is C22H20N2O3. The monoisotopic (exact) mass is 360 g/mol. The fourth-order valence-corrected chi connectivity index (χ4v) is 3.27. The SMILES string of the molecule is COc1cc(-n2cncc2-c2ccc3ccccc3c2)cc(OC)c1OC. The van der Waals surface area contributed by atoms with Gasteiger partial charge in [0, 0.05) is 17.7 Å². The minimum Gasteiger partial charge on any atom is -0.493 e. The highest BCUT2D eigenvalue weighted by Gasteiger charge is 2.16. The van der Waals surface area contributed by atoms with Crippen LogP contribution in [-0.4, -0.2) is 30.9 Å². The van der Waals surface area contributed by atoms with Gasteiger partial charge in [0.15, 0.2) is 11.5 Å². The molecule has 0 unspecified atom stereocenters.